The summed E-state index contributed by atoms with van der Waals surface area (Å²) in [5.41, 5.74) is 4.29. The van der Waals surface area contributed by atoms with Crippen LogP contribution in [-0.2, 0) is 16.6 Å². The number of rotatable bonds is 0. The van der Waals surface area contributed by atoms with Gasteiger partial charge in [-0.1, -0.05) is 13.8 Å². The maximum atomic E-state index is 13.5. The van der Waals surface area contributed by atoms with Gasteiger partial charge in [0.25, 0.3) is 0 Å². The second-order valence-corrected chi connectivity index (χ2v) is 12.1. The highest BCUT2D eigenvalue weighted by Gasteiger charge is 2.67. The number of benzene rings is 1. The summed E-state index contributed by atoms with van der Waals surface area (Å²) < 4.78 is 6.26. The molecule has 4 fully saturated rings. The van der Waals surface area contributed by atoms with E-state index in [2.05, 4.69) is 67.2 Å². The van der Waals surface area contributed by atoms with E-state index in [4.69, 9.17) is 4.74 Å². The highest BCUT2D eigenvalue weighted by atomic mass is 16.5. The van der Waals surface area contributed by atoms with E-state index < -0.39 is 0 Å². The van der Waals surface area contributed by atoms with E-state index in [1.54, 1.807) is 0 Å². The molecule has 1 aliphatic carbocycles. The third kappa shape index (κ3) is 2.16. The minimum absolute atomic E-state index is 0.0395. The molecule has 8 rings (SSSR count). The zero-order valence-corrected chi connectivity index (χ0v) is 19.6. The van der Waals surface area contributed by atoms with E-state index in [1.165, 1.54) is 28.6 Å². The Morgan fingerprint density at radius 2 is 2.00 bits per heavy atom. The van der Waals surface area contributed by atoms with E-state index in [9.17, 15) is 4.79 Å². The van der Waals surface area contributed by atoms with Gasteiger partial charge in [0.2, 0.25) is 5.91 Å². The summed E-state index contributed by atoms with van der Waals surface area (Å²) in [6, 6.07) is 4.36. The van der Waals surface area contributed by atoms with Crippen molar-refractivity contribution in [2.75, 3.05) is 13.1 Å². The third-order valence-electron chi connectivity index (χ3n) is 9.46. The number of carbonyl (C=O) groups excluding carboxylic acids is 1. The number of nitrogens with zero attached hydrogens (tertiary/aromatic N) is 1. The minimum atomic E-state index is -0.285. The molecule has 0 unspecified atom stereocenters. The predicted octanol–water partition coefficient (Wildman–Crippen LogP) is 4.30. The van der Waals surface area contributed by atoms with Gasteiger partial charge in [0.15, 0.2) is 0 Å². The summed E-state index contributed by atoms with van der Waals surface area (Å²) >= 11 is 0. The highest BCUT2D eigenvalue weighted by Crippen LogP contribution is 2.58. The predicted molar refractivity (Wildman–Crippen MR) is 126 cm³/mol. The van der Waals surface area contributed by atoms with Crippen LogP contribution in [-0.4, -0.2) is 45.6 Å². The Morgan fingerprint density at radius 1 is 1.16 bits per heavy atom. The van der Waals surface area contributed by atoms with Gasteiger partial charge in [-0.2, -0.15) is 0 Å². The van der Waals surface area contributed by atoms with Crippen LogP contribution in [0.15, 0.2) is 18.2 Å². The second-order valence-electron chi connectivity index (χ2n) is 12.1. The Morgan fingerprint density at radius 3 is 2.84 bits per heavy atom. The first-order valence-corrected chi connectivity index (χ1v) is 12.3. The average Bonchev–Trinajstić information content (AvgIpc) is 3.11. The Kier molecular flexibility index (Phi) is 3.37. The molecule has 2 N–H and O–H groups in total. The van der Waals surface area contributed by atoms with Crippen molar-refractivity contribution in [2.45, 2.75) is 81.9 Å². The van der Waals surface area contributed by atoms with Crippen molar-refractivity contribution < 1.29 is 9.53 Å². The molecule has 6 aliphatic rings. The molecule has 2 aromatic rings. The quantitative estimate of drug-likeness (QED) is 0.654. The van der Waals surface area contributed by atoms with Gasteiger partial charge in [-0.15, -0.1) is 0 Å². The van der Waals surface area contributed by atoms with Gasteiger partial charge in [0.1, 0.15) is 16.9 Å². The molecule has 0 radical (unpaired) electrons. The molecule has 5 nitrogen and oxygen atoms in total. The SMILES string of the molecule is CC1(C)C=Cc2c(ccc3c4c([nH]c23)C(C)(C)[C@@H]2C[C@]35CCCCN3C[C@@]2(C4)NC5=O)O1. The first-order valence-electron chi connectivity index (χ1n) is 12.3. The highest BCUT2D eigenvalue weighted by molar-refractivity contribution is 5.96. The molecule has 2 spiro atoms. The number of hydrogen-bond acceptors (Lipinski definition) is 3. The largest absolute Gasteiger partial charge is 0.483 e. The maximum Gasteiger partial charge on any atom is 0.241 e. The summed E-state index contributed by atoms with van der Waals surface area (Å²) in [6.45, 7) is 11.0. The van der Waals surface area contributed by atoms with Crippen molar-refractivity contribution in [1.29, 1.82) is 0 Å². The van der Waals surface area contributed by atoms with Crippen LogP contribution >= 0.6 is 0 Å². The first kappa shape index (κ1) is 19.2. The fraction of sp³-hybridized carbons (Fsp3) is 0.593. The van der Waals surface area contributed by atoms with Crippen molar-refractivity contribution in [3.63, 3.8) is 0 Å². The van der Waals surface area contributed by atoms with Gasteiger partial charge in [0.05, 0.1) is 11.1 Å². The minimum Gasteiger partial charge on any atom is -0.483 e. The Labute approximate surface area is 189 Å². The number of H-pyrrole nitrogens is 1. The fourth-order valence-corrected chi connectivity index (χ4v) is 7.93. The molecule has 6 heterocycles. The van der Waals surface area contributed by atoms with E-state index in [-0.39, 0.29) is 28.0 Å². The number of aromatic amines is 1. The van der Waals surface area contributed by atoms with E-state index in [0.29, 0.717) is 5.92 Å². The number of piperidine rings is 3. The number of hydrogen-bond donors (Lipinski definition) is 2. The lowest BCUT2D eigenvalue weighted by atomic mass is 9.50. The van der Waals surface area contributed by atoms with Crippen LogP contribution in [0.4, 0.5) is 0 Å². The number of fused-ring (bicyclic) bond motifs is 6. The lowest BCUT2D eigenvalue weighted by molar-refractivity contribution is -0.171. The first-order chi connectivity index (χ1) is 15.2. The molecule has 2 bridgehead atoms. The molecule has 1 aromatic heterocycles. The molecule has 32 heavy (non-hydrogen) atoms. The third-order valence-corrected chi connectivity index (χ3v) is 9.46. The number of nitrogens with one attached hydrogen (secondary N) is 2. The van der Waals surface area contributed by atoms with Crippen molar-refractivity contribution in [1.82, 2.24) is 15.2 Å². The van der Waals surface area contributed by atoms with Crippen LogP contribution in [0, 0.1) is 5.92 Å². The molecule has 168 valence electrons. The number of carbonyl (C=O) groups is 1. The smallest absolute Gasteiger partial charge is 0.241 e. The van der Waals surface area contributed by atoms with Crippen LogP contribution in [0.25, 0.3) is 17.0 Å². The molecule has 5 heteroatoms. The Bertz CT molecular complexity index is 1220. The summed E-state index contributed by atoms with van der Waals surface area (Å²) in [4.78, 5) is 19.9. The van der Waals surface area contributed by atoms with Crippen molar-refractivity contribution >= 4 is 22.9 Å². The monoisotopic (exact) mass is 431 g/mol. The van der Waals surface area contributed by atoms with Gasteiger partial charge in [-0.05, 0) is 88.3 Å². The van der Waals surface area contributed by atoms with Crippen LogP contribution < -0.4 is 10.1 Å². The van der Waals surface area contributed by atoms with Gasteiger partial charge >= 0.3 is 0 Å². The zero-order chi connectivity index (χ0) is 22.1. The standard InChI is InChI=1S/C27H33N3O2/c1-24(2)11-9-17-19(32-24)8-7-16-18-13-26-15-30-12-6-5-10-27(30,23(31)29-26)14-20(26)25(3,4)22(18)28-21(16)17/h7-9,11,20,28H,5-6,10,12-15H2,1-4H3,(H,29,31)/t20-,26+,27-/m0/s1. The number of piperazine rings is 1. The molecule has 5 aliphatic heterocycles. The van der Waals surface area contributed by atoms with Crippen LogP contribution in [0.3, 0.4) is 0 Å². The van der Waals surface area contributed by atoms with E-state index in [1.807, 2.05) is 0 Å². The molecule has 4 saturated heterocycles. The van der Waals surface area contributed by atoms with Crippen molar-refractivity contribution in [3.05, 3.63) is 35.0 Å². The average molecular weight is 432 g/mol. The number of amides is 1. The van der Waals surface area contributed by atoms with Crippen LogP contribution in [0.2, 0.25) is 0 Å². The summed E-state index contributed by atoms with van der Waals surface area (Å²) in [6.07, 6.45) is 9.64. The van der Waals surface area contributed by atoms with Gasteiger partial charge in [0, 0.05) is 28.6 Å². The van der Waals surface area contributed by atoms with Crippen molar-refractivity contribution in [3.8, 4) is 5.75 Å². The fourth-order valence-electron chi connectivity index (χ4n) is 7.93. The van der Waals surface area contributed by atoms with E-state index >= 15 is 0 Å². The van der Waals surface area contributed by atoms with Gasteiger partial charge in [-0.3, -0.25) is 9.69 Å². The molecule has 1 aromatic carbocycles. The topological polar surface area (TPSA) is 57.4 Å². The molecule has 3 atom stereocenters. The molecule has 0 saturated carbocycles. The van der Waals surface area contributed by atoms with Crippen LogP contribution in [0.5, 0.6) is 5.75 Å². The number of ether oxygens (including phenoxy) is 1. The lowest BCUT2D eigenvalue weighted by Crippen LogP contribution is -2.84. The normalized spacial score (nSPS) is 36.0. The maximum absolute atomic E-state index is 13.5. The molecular weight excluding hydrogens is 398 g/mol. The van der Waals surface area contributed by atoms with Crippen LogP contribution in [0.1, 0.15) is 70.2 Å². The zero-order valence-electron chi connectivity index (χ0n) is 19.6. The second kappa shape index (κ2) is 5.61. The Balaban J connectivity index is 1.42. The lowest BCUT2D eigenvalue weighted by Gasteiger charge is -2.68. The summed E-state index contributed by atoms with van der Waals surface area (Å²) in [5.74, 6) is 1.67. The summed E-state index contributed by atoms with van der Waals surface area (Å²) in [5, 5.41) is 4.89. The summed E-state index contributed by atoms with van der Waals surface area (Å²) in [7, 11) is 0. The van der Waals surface area contributed by atoms with Crippen molar-refractivity contribution in [2.24, 2.45) is 5.92 Å². The van der Waals surface area contributed by atoms with E-state index in [0.717, 1.165) is 50.1 Å². The number of aromatic nitrogens is 1. The van der Waals surface area contributed by atoms with Gasteiger partial charge < -0.3 is 15.0 Å². The molecular formula is C27H33N3O2. The molecule has 1 amide bonds. The van der Waals surface area contributed by atoms with Gasteiger partial charge in [-0.25, -0.2) is 0 Å². The Hall–Kier alpha value is -2.27.